The van der Waals surface area contributed by atoms with E-state index in [0.717, 1.165) is 16.4 Å². The van der Waals surface area contributed by atoms with E-state index in [1.807, 2.05) is 0 Å². The van der Waals surface area contributed by atoms with Crippen LogP contribution in [0.15, 0.2) is 23.1 Å². The third-order valence-electron chi connectivity index (χ3n) is 2.22. The van der Waals surface area contributed by atoms with E-state index in [1.54, 1.807) is 13.8 Å². The first-order chi connectivity index (χ1) is 7.43. The van der Waals surface area contributed by atoms with Gasteiger partial charge in [0.15, 0.2) is 0 Å². The van der Waals surface area contributed by atoms with Crippen molar-refractivity contribution in [3.05, 3.63) is 29.8 Å². The van der Waals surface area contributed by atoms with Crippen LogP contribution in [0.4, 0.5) is 8.78 Å². The number of halogens is 2. The Bertz CT molecular complexity index is 470. The predicted octanol–water partition coefficient (Wildman–Crippen LogP) is 2.00. The second kappa shape index (κ2) is 4.88. The highest BCUT2D eigenvalue weighted by molar-refractivity contribution is 7.89. The molecule has 1 rings (SSSR count). The van der Waals surface area contributed by atoms with Crippen LogP contribution in [0, 0.1) is 11.6 Å². The molecule has 0 bridgehead atoms. The van der Waals surface area contributed by atoms with E-state index in [9.17, 15) is 17.2 Å². The molecular weight excluding hydrogens is 236 g/mol. The van der Waals surface area contributed by atoms with Crippen LogP contribution in [0.1, 0.15) is 13.8 Å². The molecule has 16 heavy (non-hydrogen) atoms. The molecule has 0 aliphatic heterocycles. The molecule has 0 atom stereocenters. The summed E-state index contributed by atoms with van der Waals surface area (Å²) >= 11 is 0. The first kappa shape index (κ1) is 13.1. The van der Waals surface area contributed by atoms with Crippen LogP contribution in [-0.2, 0) is 10.0 Å². The first-order valence-electron chi connectivity index (χ1n) is 4.88. The molecule has 0 aliphatic carbocycles. The van der Waals surface area contributed by atoms with Gasteiger partial charge in [0.25, 0.3) is 0 Å². The molecule has 0 saturated carbocycles. The van der Waals surface area contributed by atoms with Gasteiger partial charge in [-0.15, -0.1) is 0 Å². The number of sulfonamides is 1. The van der Waals surface area contributed by atoms with E-state index in [0.29, 0.717) is 6.07 Å². The van der Waals surface area contributed by atoms with Gasteiger partial charge in [-0.25, -0.2) is 17.2 Å². The van der Waals surface area contributed by atoms with Crippen LogP contribution in [-0.4, -0.2) is 25.8 Å². The first-order valence-corrected chi connectivity index (χ1v) is 6.32. The normalized spacial score (nSPS) is 12.1. The average Bonchev–Trinajstić information content (AvgIpc) is 2.18. The smallest absolute Gasteiger partial charge is 0.207 e. The summed E-state index contributed by atoms with van der Waals surface area (Å²) in [6, 6.07) is 2.44. The molecule has 3 nitrogen and oxygen atoms in total. The van der Waals surface area contributed by atoms with Crippen molar-refractivity contribution in [2.24, 2.45) is 0 Å². The van der Waals surface area contributed by atoms with E-state index in [-0.39, 0.29) is 13.1 Å². The van der Waals surface area contributed by atoms with Gasteiger partial charge >= 0.3 is 0 Å². The summed E-state index contributed by atoms with van der Waals surface area (Å²) in [7, 11) is -3.86. The van der Waals surface area contributed by atoms with Crippen molar-refractivity contribution >= 4 is 10.0 Å². The van der Waals surface area contributed by atoms with Crippen molar-refractivity contribution in [1.29, 1.82) is 0 Å². The zero-order valence-corrected chi connectivity index (χ0v) is 9.89. The zero-order chi connectivity index (χ0) is 12.3. The van der Waals surface area contributed by atoms with Crippen LogP contribution in [0.25, 0.3) is 0 Å². The summed E-state index contributed by atoms with van der Waals surface area (Å²) in [5.74, 6) is -1.86. The molecule has 90 valence electrons. The maximum Gasteiger partial charge on any atom is 0.245 e. The van der Waals surface area contributed by atoms with Gasteiger partial charge in [-0.1, -0.05) is 13.8 Å². The number of rotatable bonds is 4. The van der Waals surface area contributed by atoms with Gasteiger partial charge in [0.2, 0.25) is 10.0 Å². The van der Waals surface area contributed by atoms with Gasteiger partial charge in [0.05, 0.1) is 0 Å². The third kappa shape index (κ3) is 2.38. The Hall–Kier alpha value is -1.01. The zero-order valence-electron chi connectivity index (χ0n) is 9.07. The average molecular weight is 249 g/mol. The van der Waals surface area contributed by atoms with Gasteiger partial charge in [0, 0.05) is 19.2 Å². The van der Waals surface area contributed by atoms with Crippen molar-refractivity contribution in [3.63, 3.8) is 0 Å². The van der Waals surface area contributed by atoms with Crippen LogP contribution < -0.4 is 0 Å². The lowest BCUT2D eigenvalue weighted by atomic mass is 10.3. The minimum absolute atomic E-state index is 0.246. The third-order valence-corrected chi connectivity index (χ3v) is 4.30. The molecular formula is C10H13F2NO2S. The Morgan fingerprint density at radius 3 is 2.19 bits per heavy atom. The molecule has 0 radical (unpaired) electrons. The molecule has 0 aliphatic rings. The molecule has 0 amide bonds. The molecule has 0 heterocycles. The highest BCUT2D eigenvalue weighted by Gasteiger charge is 2.25. The van der Waals surface area contributed by atoms with Gasteiger partial charge in [0.1, 0.15) is 16.5 Å². The van der Waals surface area contributed by atoms with E-state index < -0.39 is 26.6 Å². The SMILES string of the molecule is CCN(CC)S(=O)(=O)c1ccc(F)cc1F. The van der Waals surface area contributed by atoms with Gasteiger partial charge in [-0.2, -0.15) is 4.31 Å². The van der Waals surface area contributed by atoms with Gasteiger partial charge in [-0.3, -0.25) is 0 Å². The van der Waals surface area contributed by atoms with E-state index >= 15 is 0 Å². The second-order valence-electron chi connectivity index (χ2n) is 3.16. The Kier molecular flexibility index (Phi) is 3.98. The highest BCUT2D eigenvalue weighted by Crippen LogP contribution is 2.19. The van der Waals surface area contributed by atoms with Crippen molar-refractivity contribution < 1.29 is 17.2 Å². The maximum absolute atomic E-state index is 13.3. The van der Waals surface area contributed by atoms with Crippen LogP contribution in [0.5, 0.6) is 0 Å². The Labute approximate surface area is 93.7 Å². The van der Waals surface area contributed by atoms with E-state index in [2.05, 4.69) is 0 Å². The summed E-state index contributed by atoms with van der Waals surface area (Å²) in [6.45, 7) is 3.80. The molecule has 6 heteroatoms. The quantitative estimate of drug-likeness (QED) is 0.818. The summed E-state index contributed by atoms with van der Waals surface area (Å²) in [4.78, 5) is -0.488. The van der Waals surface area contributed by atoms with Crippen molar-refractivity contribution in [1.82, 2.24) is 4.31 Å². The topological polar surface area (TPSA) is 37.4 Å². The lowest BCUT2D eigenvalue weighted by molar-refractivity contribution is 0.439. The molecule has 0 fully saturated rings. The fraction of sp³-hybridized carbons (Fsp3) is 0.400. The fourth-order valence-corrected chi connectivity index (χ4v) is 2.89. The summed E-state index contributed by atoms with van der Waals surface area (Å²) in [5, 5.41) is 0. The minimum atomic E-state index is -3.86. The number of nitrogens with zero attached hydrogens (tertiary/aromatic N) is 1. The molecule has 1 aromatic carbocycles. The van der Waals surface area contributed by atoms with Crippen molar-refractivity contribution in [3.8, 4) is 0 Å². The number of hydrogen-bond acceptors (Lipinski definition) is 2. The number of benzene rings is 1. The Morgan fingerprint density at radius 2 is 1.75 bits per heavy atom. The summed E-state index contributed by atoms with van der Waals surface area (Å²) in [5.41, 5.74) is 0. The Balaban J connectivity index is 3.27. The van der Waals surface area contributed by atoms with E-state index in [1.165, 1.54) is 0 Å². The monoisotopic (exact) mass is 249 g/mol. The van der Waals surface area contributed by atoms with E-state index in [4.69, 9.17) is 0 Å². The molecule has 0 unspecified atom stereocenters. The summed E-state index contributed by atoms with van der Waals surface area (Å²) < 4.78 is 50.9. The second-order valence-corrected chi connectivity index (χ2v) is 5.07. The Morgan fingerprint density at radius 1 is 1.19 bits per heavy atom. The molecule has 0 saturated heterocycles. The standard InChI is InChI=1S/C10H13F2NO2S/c1-3-13(4-2)16(14,15)10-6-5-8(11)7-9(10)12/h5-7H,3-4H2,1-2H3. The molecule has 0 aromatic heterocycles. The predicted molar refractivity (Wildman–Crippen MR) is 56.5 cm³/mol. The number of hydrogen-bond donors (Lipinski definition) is 0. The summed E-state index contributed by atoms with van der Waals surface area (Å²) in [6.07, 6.45) is 0. The highest BCUT2D eigenvalue weighted by atomic mass is 32.2. The lowest BCUT2D eigenvalue weighted by Crippen LogP contribution is -2.31. The van der Waals surface area contributed by atoms with Crippen LogP contribution in [0.3, 0.4) is 0 Å². The van der Waals surface area contributed by atoms with Crippen LogP contribution >= 0.6 is 0 Å². The largest absolute Gasteiger partial charge is 0.245 e. The van der Waals surface area contributed by atoms with Gasteiger partial charge in [-0.05, 0) is 12.1 Å². The molecule has 0 spiro atoms. The molecule has 1 aromatic rings. The van der Waals surface area contributed by atoms with Gasteiger partial charge < -0.3 is 0 Å². The molecule has 0 N–H and O–H groups in total. The minimum Gasteiger partial charge on any atom is -0.207 e. The van der Waals surface area contributed by atoms with Crippen LogP contribution in [0.2, 0.25) is 0 Å². The maximum atomic E-state index is 13.3. The van der Waals surface area contributed by atoms with Crippen molar-refractivity contribution in [2.45, 2.75) is 18.7 Å². The fourth-order valence-electron chi connectivity index (χ4n) is 1.39. The lowest BCUT2D eigenvalue weighted by Gasteiger charge is -2.18. The van der Waals surface area contributed by atoms with Crippen molar-refractivity contribution in [2.75, 3.05) is 13.1 Å².